The van der Waals surface area contributed by atoms with Crippen LogP contribution in [0, 0.1) is 0 Å². The molecule has 0 radical (unpaired) electrons. The number of pyridine rings is 3. The highest BCUT2D eigenvalue weighted by Crippen LogP contribution is 2.16. The first-order valence-electron chi connectivity index (χ1n) is 11.4. The molecular formula is C27H26BrCl2N11O. The van der Waals surface area contributed by atoms with Gasteiger partial charge in [0.2, 0.25) is 16.5 Å². The molecule has 0 aliphatic rings. The molecule has 6 aromatic heterocycles. The SMILES string of the molecule is Brc1cccnc1.Clc1nccc(-c2cccnc2)n1.Clc1ncccn1.N.Nc1nccc(-c2cccnc2)n1.O. The summed E-state index contributed by atoms with van der Waals surface area (Å²) >= 11 is 14.2. The van der Waals surface area contributed by atoms with Crippen molar-refractivity contribution in [1.82, 2.24) is 51.0 Å². The van der Waals surface area contributed by atoms with Gasteiger partial charge in [0, 0.05) is 77.6 Å². The molecule has 0 spiro atoms. The molecule has 0 saturated heterocycles. The Morgan fingerprint density at radius 1 is 0.548 bits per heavy atom. The predicted molar refractivity (Wildman–Crippen MR) is 168 cm³/mol. The van der Waals surface area contributed by atoms with E-state index >= 15 is 0 Å². The minimum absolute atomic E-state index is 0. The number of nitrogens with zero attached hydrogens (tertiary/aromatic N) is 9. The fourth-order valence-corrected chi connectivity index (χ4v) is 3.21. The quantitative estimate of drug-likeness (QED) is 0.216. The molecule has 0 unspecified atom stereocenters. The molecule has 0 bridgehead atoms. The topological polar surface area (TPSA) is 209 Å². The lowest BCUT2D eigenvalue weighted by Gasteiger charge is -1.98. The van der Waals surface area contributed by atoms with Crippen molar-refractivity contribution in [1.29, 1.82) is 0 Å². The van der Waals surface area contributed by atoms with E-state index in [0.717, 1.165) is 27.0 Å². The van der Waals surface area contributed by atoms with E-state index in [1.807, 2.05) is 36.4 Å². The molecule has 0 aromatic carbocycles. The van der Waals surface area contributed by atoms with Crippen LogP contribution in [0.5, 0.6) is 0 Å². The van der Waals surface area contributed by atoms with Crippen molar-refractivity contribution in [3.05, 3.63) is 132 Å². The minimum atomic E-state index is 0. The molecule has 0 amide bonds. The predicted octanol–water partition coefficient (Wildman–Crippen LogP) is 5.62. The molecule has 216 valence electrons. The first kappa shape index (κ1) is 35.5. The second-order valence-corrected chi connectivity index (χ2v) is 8.78. The summed E-state index contributed by atoms with van der Waals surface area (Å²) in [7, 11) is 0. The van der Waals surface area contributed by atoms with Crippen LogP contribution in [-0.2, 0) is 0 Å². The molecule has 15 heteroatoms. The first-order chi connectivity index (χ1) is 19.5. The van der Waals surface area contributed by atoms with Gasteiger partial charge in [-0.2, -0.15) is 0 Å². The van der Waals surface area contributed by atoms with E-state index in [1.54, 1.807) is 80.2 Å². The van der Waals surface area contributed by atoms with Gasteiger partial charge in [-0.3, -0.25) is 15.0 Å². The molecule has 0 saturated carbocycles. The molecule has 42 heavy (non-hydrogen) atoms. The summed E-state index contributed by atoms with van der Waals surface area (Å²) < 4.78 is 1.02. The van der Waals surface area contributed by atoms with Crippen LogP contribution >= 0.6 is 39.1 Å². The minimum Gasteiger partial charge on any atom is -0.412 e. The molecule has 0 fully saturated rings. The second-order valence-electron chi connectivity index (χ2n) is 7.18. The third kappa shape index (κ3) is 13.7. The smallest absolute Gasteiger partial charge is 0.222 e. The third-order valence-electron chi connectivity index (χ3n) is 4.37. The van der Waals surface area contributed by atoms with Crippen molar-refractivity contribution in [2.75, 3.05) is 5.73 Å². The van der Waals surface area contributed by atoms with Gasteiger partial charge in [-0.25, -0.2) is 29.9 Å². The van der Waals surface area contributed by atoms with Crippen LogP contribution in [0.15, 0.2) is 121 Å². The fraction of sp³-hybridized carbons (Fsp3) is 0. The first-order valence-corrected chi connectivity index (χ1v) is 12.9. The van der Waals surface area contributed by atoms with Crippen LogP contribution in [0.3, 0.4) is 0 Å². The zero-order valence-corrected chi connectivity index (χ0v) is 25.0. The summed E-state index contributed by atoms with van der Waals surface area (Å²) in [4.78, 5) is 34.8. The molecule has 0 aliphatic carbocycles. The maximum absolute atomic E-state index is 5.65. The van der Waals surface area contributed by atoms with Gasteiger partial charge in [0.15, 0.2) is 0 Å². The van der Waals surface area contributed by atoms with Gasteiger partial charge in [-0.15, -0.1) is 0 Å². The number of hydrogen-bond donors (Lipinski definition) is 2. The molecule has 0 atom stereocenters. The average Bonchev–Trinajstić information content (AvgIpc) is 3.00. The van der Waals surface area contributed by atoms with Gasteiger partial charge in [0.05, 0.1) is 11.4 Å². The number of nitrogen functional groups attached to an aromatic ring is 1. The lowest BCUT2D eigenvalue weighted by molar-refractivity contribution is 0.824. The van der Waals surface area contributed by atoms with Crippen LogP contribution in [0.25, 0.3) is 22.5 Å². The summed E-state index contributed by atoms with van der Waals surface area (Å²) in [6.45, 7) is 0. The molecule has 7 N–H and O–H groups in total. The molecular weight excluding hydrogens is 645 g/mol. The van der Waals surface area contributed by atoms with Crippen molar-refractivity contribution in [3.63, 3.8) is 0 Å². The number of anilines is 1. The largest absolute Gasteiger partial charge is 0.412 e. The van der Waals surface area contributed by atoms with E-state index in [0.29, 0.717) is 5.28 Å². The number of rotatable bonds is 2. The Hall–Kier alpha value is -4.53. The van der Waals surface area contributed by atoms with Crippen molar-refractivity contribution in [2.45, 2.75) is 0 Å². The zero-order chi connectivity index (χ0) is 28.4. The molecule has 0 aliphatic heterocycles. The number of nitrogens with two attached hydrogens (primary N) is 1. The van der Waals surface area contributed by atoms with Gasteiger partial charge >= 0.3 is 0 Å². The van der Waals surface area contributed by atoms with Gasteiger partial charge < -0.3 is 17.4 Å². The monoisotopic (exact) mass is 669 g/mol. The van der Waals surface area contributed by atoms with Gasteiger partial charge in [-0.1, -0.05) is 0 Å². The summed E-state index contributed by atoms with van der Waals surface area (Å²) in [6.07, 6.45) is 16.8. The number of hydrogen-bond acceptors (Lipinski definition) is 11. The van der Waals surface area contributed by atoms with Gasteiger partial charge in [0.25, 0.3) is 0 Å². The lowest BCUT2D eigenvalue weighted by atomic mass is 10.2. The van der Waals surface area contributed by atoms with Crippen LogP contribution in [0.1, 0.15) is 0 Å². The lowest BCUT2D eigenvalue weighted by Crippen LogP contribution is -1.95. The van der Waals surface area contributed by atoms with Gasteiger partial charge in [0.1, 0.15) is 0 Å². The van der Waals surface area contributed by atoms with E-state index in [-0.39, 0.29) is 22.9 Å². The van der Waals surface area contributed by atoms with Crippen LogP contribution < -0.4 is 11.9 Å². The van der Waals surface area contributed by atoms with E-state index in [2.05, 4.69) is 60.8 Å². The summed E-state index contributed by atoms with van der Waals surface area (Å²) in [5.74, 6) is 0.279. The zero-order valence-electron chi connectivity index (χ0n) is 21.9. The van der Waals surface area contributed by atoms with Gasteiger partial charge in [-0.05, 0) is 93.7 Å². The maximum Gasteiger partial charge on any atom is 0.222 e. The van der Waals surface area contributed by atoms with E-state index in [4.69, 9.17) is 28.9 Å². The Bertz CT molecular complexity index is 1430. The van der Waals surface area contributed by atoms with Crippen molar-refractivity contribution >= 4 is 45.1 Å². The average molecular weight is 671 g/mol. The highest BCUT2D eigenvalue weighted by molar-refractivity contribution is 9.10. The normalized spacial score (nSPS) is 9.02. The number of halogens is 3. The molecule has 6 aromatic rings. The van der Waals surface area contributed by atoms with Crippen LogP contribution in [-0.4, -0.2) is 50.3 Å². The Balaban J connectivity index is 0.000000287. The fourth-order valence-electron chi connectivity index (χ4n) is 2.68. The maximum atomic E-state index is 5.65. The Morgan fingerprint density at radius 3 is 1.43 bits per heavy atom. The van der Waals surface area contributed by atoms with Crippen molar-refractivity contribution in [3.8, 4) is 22.5 Å². The molecule has 6 rings (SSSR count). The molecule has 6 heterocycles. The molecule has 12 nitrogen and oxygen atoms in total. The summed E-state index contributed by atoms with van der Waals surface area (Å²) in [5.41, 5.74) is 8.91. The Morgan fingerprint density at radius 2 is 1.05 bits per heavy atom. The standard InChI is InChI=1S/C9H6ClN3.C9H8N4.C5H4BrN.C4H3ClN2.H3N.H2O/c2*10-9-12-5-3-8(13-9)7-2-1-4-11-6-7;6-5-2-1-3-7-4-5;5-4-6-2-1-3-7-4;;/h1-6H;1-6H,(H2,10,12,13);1-4H;1-3H;1H3;1H2. The van der Waals surface area contributed by atoms with Crippen LogP contribution in [0.4, 0.5) is 5.95 Å². The van der Waals surface area contributed by atoms with E-state index < -0.39 is 0 Å². The summed E-state index contributed by atoms with van der Waals surface area (Å²) in [6, 6.07) is 16.7. The van der Waals surface area contributed by atoms with E-state index in [1.165, 1.54) is 0 Å². The second kappa shape index (κ2) is 20.4. The number of aromatic nitrogens is 9. The van der Waals surface area contributed by atoms with E-state index in [9.17, 15) is 0 Å². The third-order valence-corrected chi connectivity index (χ3v) is 5.22. The van der Waals surface area contributed by atoms with Crippen LogP contribution in [0.2, 0.25) is 10.6 Å². The Kier molecular flexibility index (Phi) is 17.2. The van der Waals surface area contributed by atoms with Crippen molar-refractivity contribution in [2.24, 2.45) is 0 Å². The summed E-state index contributed by atoms with van der Waals surface area (Å²) in [5, 5.41) is 0.545. The highest BCUT2D eigenvalue weighted by Gasteiger charge is 1.99. The Labute approximate surface area is 260 Å². The van der Waals surface area contributed by atoms with Crippen molar-refractivity contribution < 1.29 is 5.48 Å². The highest BCUT2D eigenvalue weighted by atomic mass is 79.9.